The minimum Gasteiger partial charge on any atom is -0.471 e. The summed E-state index contributed by atoms with van der Waals surface area (Å²) in [6.45, 7) is 2.58. The molecule has 2 N–H and O–H groups in total. The Morgan fingerprint density at radius 2 is 2.22 bits per heavy atom. The van der Waals surface area contributed by atoms with Gasteiger partial charge in [0, 0.05) is 17.3 Å². The van der Waals surface area contributed by atoms with Gasteiger partial charge >= 0.3 is 6.09 Å². The fourth-order valence-electron chi connectivity index (χ4n) is 1.34. The number of hydrogen-bond donors (Lipinski definition) is 1. The molecule has 1 aromatic rings. The normalized spacial score (nSPS) is 12.3. The zero-order chi connectivity index (χ0) is 13.7. The van der Waals surface area contributed by atoms with E-state index in [9.17, 15) is 13.6 Å². The summed E-state index contributed by atoms with van der Waals surface area (Å²) in [7, 11) is 0. The van der Waals surface area contributed by atoms with Crippen molar-refractivity contribution in [2.24, 2.45) is 5.73 Å². The van der Waals surface area contributed by atoms with Crippen LogP contribution in [-0.2, 0) is 4.74 Å². The molecule has 0 spiro atoms. The van der Waals surface area contributed by atoms with Gasteiger partial charge in [0.1, 0.15) is 6.10 Å². The summed E-state index contributed by atoms with van der Waals surface area (Å²) >= 11 is 0. The second kappa shape index (κ2) is 6.13. The van der Waals surface area contributed by atoms with Gasteiger partial charge < -0.3 is 15.2 Å². The smallest absolute Gasteiger partial charge is 0.405 e. The second-order valence-electron chi connectivity index (χ2n) is 3.67. The van der Waals surface area contributed by atoms with Gasteiger partial charge in [-0.1, -0.05) is 0 Å². The SMILES string of the molecule is Cc1cc(C(C)OC(N)=O)cnc1OCC(F)F. The van der Waals surface area contributed by atoms with Crippen LogP contribution in [0.4, 0.5) is 13.6 Å². The van der Waals surface area contributed by atoms with Crippen molar-refractivity contribution in [1.82, 2.24) is 4.98 Å². The van der Waals surface area contributed by atoms with Crippen molar-refractivity contribution < 1.29 is 23.0 Å². The topological polar surface area (TPSA) is 74.4 Å². The molecule has 0 aliphatic carbocycles. The van der Waals surface area contributed by atoms with Crippen LogP contribution in [0.5, 0.6) is 5.88 Å². The van der Waals surface area contributed by atoms with Crippen LogP contribution in [0.1, 0.15) is 24.2 Å². The number of amides is 1. The molecule has 18 heavy (non-hydrogen) atoms. The lowest BCUT2D eigenvalue weighted by Crippen LogP contribution is -2.16. The number of alkyl halides is 2. The van der Waals surface area contributed by atoms with E-state index in [1.165, 1.54) is 6.20 Å². The lowest BCUT2D eigenvalue weighted by atomic mass is 10.1. The fourth-order valence-corrected chi connectivity index (χ4v) is 1.34. The summed E-state index contributed by atoms with van der Waals surface area (Å²) in [6, 6.07) is 1.64. The number of hydrogen-bond acceptors (Lipinski definition) is 4. The van der Waals surface area contributed by atoms with Crippen LogP contribution in [0.3, 0.4) is 0 Å². The molecule has 1 amide bonds. The van der Waals surface area contributed by atoms with Gasteiger partial charge in [0.05, 0.1) is 0 Å². The van der Waals surface area contributed by atoms with Crippen molar-refractivity contribution in [3.05, 3.63) is 23.4 Å². The van der Waals surface area contributed by atoms with Crippen LogP contribution in [0.15, 0.2) is 12.3 Å². The molecule has 0 radical (unpaired) electrons. The molecule has 7 heteroatoms. The molecule has 0 aromatic carbocycles. The average molecular weight is 260 g/mol. The Morgan fingerprint density at radius 3 is 2.72 bits per heavy atom. The lowest BCUT2D eigenvalue weighted by molar-refractivity contribution is 0.0790. The molecule has 0 bridgehead atoms. The number of carbonyl (C=O) groups is 1. The molecule has 1 rings (SSSR count). The molecule has 1 aromatic heterocycles. The number of aryl methyl sites for hydroxylation is 1. The summed E-state index contributed by atoms with van der Waals surface area (Å²) in [6.07, 6.45) is -2.61. The quantitative estimate of drug-likeness (QED) is 0.880. The maximum absolute atomic E-state index is 12.0. The minimum absolute atomic E-state index is 0.130. The van der Waals surface area contributed by atoms with E-state index in [1.807, 2.05) is 0 Å². The Hall–Kier alpha value is -1.92. The molecular formula is C11H14F2N2O3. The summed E-state index contributed by atoms with van der Waals surface area (Å²) in [5, 5.41) is 0. The second-order valence-corrected chi connectivity index (χ2v) is 3.67. The number of halogens is 2. The van der Waals surface area contributed by atoms with E-state index in [4.69, 9.17) is 15.2 Å². The third-order valence-corrected chi connectivity index (χ3v) is 2.16. The molecule has 0 saturated heterocycles. The molecule has 0 aliphatic rings. The number of pyridine rings is 1. The van der Waals surface area contributed by atoms with E-state index < -0.39 is 25.2 Å². The van der Waals surface area contributed by atoms with Gasteiger partial charge in [-0.25, -0.2) is 18.6 Å². The number of primary amides is 1. The Labute approximate surface area is 103 Å². The van der Waals surface area contributed by atoms with E-state index >= 15 is 0 Å². The van der Waals surface area contributed by atoms with Crippen LogP contribution >= 0.6 is 0 Å². The predicted octanol–water partition coefficient (Wildman–Crippen LogP) is 2.19. The van der Waals surface area contributed by atoms with Gasteiger partial charge in [-0.15, -0.1) is 0 Å². The number of rotatable bonds is 5. The highest BCUT2D eigenvalue weighted by atomic mass is 19.3. The van der Waals surface area contributed by atoms with Crippen LogP contribution in [0, 0.1) is 6.92 Å². The van der Waals surface area contributed by atoms with Crippen LogP contribution in [0.2, 0.25) is 0 Å². The molecule has 1 atom stereocenters. The zero-order valence-corrected chi connectivity index (χ0v) is 10.0. The molecule has 0 saturated carbocycles. The summed E-state index contributed by atoms with van der Waals surface area (Å²) < 4.78 is 33.5. The maximum atomic E-state index is 12.0. The highest BCUT2D eigenvalue weighted by Crippen LogP contribution is 2.22. The summed E-state index contributed by atoms with van der Waals surface area (Å²) in [5.41, 5.74) is 6.07. The van der Waals surface area contributed by atoms with Gasteiger partial charge in [0.2, 0.25) is 5.88 Å². The van der Waals surface area contributed by atoms with E-state index in [2.05, 4.69) is 4.98 Å². The predicted molar refractivity (Wildman–Crippen MR) is 59.6 cm³/mol. The highest BCUT2D eigenvalue weighted by molar-refractivity contribution is 5.65. The first-order chi connectivity index (χ1) is 8.40. The third kappa shape index (κ3) is 4.15. The minimum atomic E-state index is -2.55. The molecule has 5 nitrogen and oxygen atoms in total. The summed E-state index contributed by atoms with van der Waals surface area (Å²) in [4.78, 5) is 14.5. The Balaban J connectivity index is 2.75. The highest BCUT2D eigenvalue weighted by Gasteiger charge is 2.13. The lowest BCUT2D eigenvalue weighted by Gasteiger charge is -2.13. The Morgan fingerprint density at radius 1 is 1.56 bits per heavy atom. The fraction of sp³-hybridized carbons (Fsp3) is 0.455. The first-order valence-electron chi connectivity index (χ1n) is 5.23. The van der Waals surface area contributed by atoms with E-state index in [-0.39, 0.29) is 5.88 Å². The largest absolute Gasteiger partial charge is 0.471 e. The first kappa shape index (κ1) is 14.1. The van der Waals surface area contributed by atoms with E-state index in [0.29, 0.717) is 11.1 Å². The average Bonchev–Trinajstić information content (AvgIpc) is 2.26. The van der Waals surface area contributed by atoms with Crippen molar-refractivity contribution in [2.45, 2.75) is 26.4 Å². The first-order valence-corrected chi connectivity index (χ1v) is 5.23. The van der Waals surface area contributed by atoms with Crippen LogP contribution in [0.25, 0.3) is 0 Å². The van der Waals surface area contributed by atoms with Crippen LogP contribution < -0.4 is 10.5 Å². The van der Waals surface area contributed by atoms with E-state index in [0.717, 1.165) is 0 Å². The Kier molecular flexibility index (Phi) is 4.82. The molecule has 1 heterocycles. The van der Waals surface area contributed by atoms with Crippen LogP contribution in [-0.4, -0.2) is 24.1 Å². The molecule has 1 unspecified atom stereocenters. The van der Waals surface area contributed by atoms with Gasteiger partial charge in [0.25, 0.3) is 6.43 Å². The Bertz CT molecular complexity index is 427. The molecular weight excluding hydrogens is 246 g/mol. The molecule has 100 valence electrons. The molecule has 0 aliphatic heterocycles. The number of aromatic nitrogens is 1. The van der Waals surface area contributed by atoms with Crippen molar-refractivity contribution in [2.75, 3.05) is 6.61 Å². The zero-order valence-electron chi connectivity index (χ0n) is 10.0. The third-order valence-electron chi connectivity index (χ3n) is 2.16. The van der Waals surface area contributed by atoms with Crippen molar-refractivity contribution >= 4 is 6.09 Å². The van der Waals surface area contributed by atoms with Gasteiger partial charge in [-0.3, -0.25) is 0 Å². The van der Waals surface area contributed by atoms with E-state index in [1.54, 1.807) is 19.9 Å². The van der Waals surface area contributed by atoms with Crippen molar-refractivity contribution in [1.29, 1.82) is 0 Å². The number of ether oxygens (including phenoxy) is 2. The van der Waals surface area contributed by atoms with Crippen molar-refractivity contribution in [3.8, 4) is 5.88 Å². The monoisotopic (exact) mass is 260 g/mol. The molecule has 0 fully saturated rings. The number of nitrogens with zero attached hydrogens (tertiary/aromatic N) is 1. The number of nitrogens with two attached hydrogens (primary N) is 1. The number of carbonyl (C=O) groups excluding carboxylic acids is 1. The van der Waals surface area contributed by atoms with Crippen molar-refractivity contribution in [3.63, 3.8) is 0 Å². The van der Waals surface area contributed by atoms with Gasteiger partial charge in [-0.2, -0.15) is 0 Å². The summed E-state index contributed by atoms with van der Waals surface area (Å²) in [5.74, 6) is 0.130. The van der Waals surface area contributed by atoms with Gasteiger partial charge in [-0.05, 0) is 19.9 Å². The van der Waals surface area contributed by atoms with Gasteiger partial charge in [0.15, 0.2) is 6.61 Å². The maximum Gasteiger partial charge on any atom is 0.405 e. The standard InChI is InChI=1S/C11H14F2N2O3/c1-6-3-8(7(2)18-11(14)16)4-15-10(6)17-5-9(12)13/h3-4,7,9H,5H2,1-2H3,(H2,14,16).